The number of fused-ring (bicyclic) bond motifs is 1. The maximum atomic E-state index is 11.4. The third-order valence-corrected chi connectivity index (χ3v) is 3.95. The molecular formula is C15H19NO3. The summed E-state index contributed by atoms with van der Waals surface area (Å²) in [5.41, 5.74) is 2.68. The minimum Gasteiger partial charge on any atom is -0.479 e. The molecule has 1 aliphatic carbocycles. The highest BCUT2D eigenvalue weighted by atomic mass is 16.6. The third kappa shape index (κ3) is 2.45. The zero-order valence-electron chi connectivity index (χ0n) is 11.1. The fourth-order valence-electron chi connectivity index (χ4n) is 2.90. The van der Waals surface area contributed by atoms with Crippen LogP contribution >= 0.6 is 0 Å². The summed E-state index contributed by atoms with van der Waals surface area (Å²) in [5.74, 6) is 0.521. The van der Waals surface area contributed by atoms with Crippen molar-refractivity contribution < 1.29 is 14.3 Å². The fraction of sp³-hybridized carbons (Fsp3) is 0.533. The average Bonchev–Trinajstić information content (AvgIpc) is 2.83. The van der Waals surface area contributed by atoms with E-state index in [2.05, 4.69) is 17.4 Å². The van der Waals surface area contributed by atoms with Gasteiger partial charge in [-0.15, -0.1) is 0 Å². The lowest BCUT2D eigenvalue weighted by Crippen LogP contribution is -2.23. The van der Waals surface area contributed by atoms with Crippen LogP contribution < -0.4 is 10.1 Å². The molecule has 0 saturated carbocycles. The lowest BCUT2D eigenvalue weighted by molar-refractivity contribution is -0.143. The molecule has 0 spiro atoms. The van der Waals surface area contributed by atoms with Crippen molar-refractivity contribution in [3.05, 3.63) is 29.3 Å². The first-order valence-corrected chi connectivity index (χ1v) is 6.91. The molecule has 3 rings (SSSR count). The van der Waals surface area contributed by atoms with Crippen LogP contribution in [0, 0.1) is 0 Å². The number of carbonyl (C=O) groups is 1. The second kappa shape index (κ2) is 5.21. The van der Waals surface area contributed by atoms with Crippen molar-refractivity contribution in [2.45, 2.75) is 37.8 Å². The molecule has 1 aliphatic heterocycles. The monoisotopic (exact) mass is 261 g/mol. The van der Waals surface area contributed by atoms with E-state index in [1.807, 2.05) is 13.1 Å². The lowest BCUT2D eigenvalue weighted by atomic mass is 9.87. The van der Waals surface area contributed by atoms with E-state index in [4.69, 9.17) is 9.47 Å². The Hall–Kier alpha value is -1.55. The summed E-state index contributed by atoms with van der Waals surface area (Å²) >= 11 is 0. The van der Waals surface area contributed by atoms with E-state index in [-0.39, 0.29) is 5.97 Å². The highest BCUT2D eigenvalue weighted by Crippen LogP contribution is 2.32. The smallest absolute Gasteiger partial charge is 0.347 e. The molecule has 0 radical (unpaired) electrons. The zero-order chi connectivity index (χ0) is 13.2. The summed E-state index contributed by atoms with van der Waals surface area (Å²) in [6, 6.07) is 6.54. The van der Waals surface area contributed by atoms with Crippen molar-refractivity contribution >= 4 is 5.97 Å². The van der Waals surface area contributed by atoms with E-state index in [1.54, 1.807) is 0 Å². The molecule has 0 aromatic heterocycles. The van der Waals surface area contributed by atoms with Gasteiger partial charge in [-0.25, -0.2) is 4.79 Å². The minimum absolute atomic E-state index is 0.247. The van der Waals surface area contributed by atoms with Crippen molar-refractivity contribution in [2.24, 2.45) is 0 Å². The number of cyclic esters (lactones) is 1. The van der Waals surface area contributed by atoms with Crippen molar-refractivity contribution in [3.8, 4) is 5.75 Å². The fourth-order valence-corrected chi connectivity index (χ4v) is 2.90. The first kappa shape index (κ1) is 12.5. The van der Waals surface area contributed by atoms with Gasteiger partial charge in [0.15, 0.2) is 6.10 Å². The van der Waals surface area contributed by atoms with Crippen LogP contribution in [0.1, 0.15) is 36.4 Å². The molecular weight excluding hydrogens is 242 g/mol. The Kier molecular flexibility index (Phi) is 3.42. The largest absolute Gasteiger partial charge is 0.479 e. The van der Waals surface area contributed by atoms with Crippen LogP contribution in [-0.2, 0) is 16.0 Å². The maximum Gasteiger partial charge on any atom is 0.347 e. The third-order valence-electron chi connectivity index (χ3n) is 3.95. The Morgan fingerprint density at radius 3 is 3.00 bits per heavy atom. The summed E-state index contributed by atoms with van der Waals surface area (Å²) in [5, 5.41) is 3.34. The van der Waals surface area contributed by atoms with E-state index < -0.39 is 6.10 Å². The molecule has 1 saturated heterocycles. The van der Waals surface area contributed by atoms with Crippen LogP contribution in [0.25, 0.3) is 0 Å². The lowest BCUT2D eigenvalue weighted by Gasteiger charge is -2.26. The summed E-state index contributed by atoms with van der Waals surface area (Å²) < 4.78 is 10.7. The molecule has 4 heteroatoms. The number of nitrogens with one attached hydrogen (secondary N) is 1. The van der Waals surface area contributed by atoms with E-state index >= 15 is 0 Å². The summed E-state index contributed by atoms with van der Waals surface area (Å²) in [7, 11) is 1.99. The molecule has 1 fully saturated rings. The van der Waals surface area contributed by atoms with Gasteiger partial charge in [0.2, 0.25) is 0 Å². The first-order valence-electron chi connectivity index (χ1n) is 6.91. The van der Waals surface area contributed by atoms with Crippen LogP contribution in [0.4, 0.5) is 0 Å². The van der Waals surface area contributed by atoms with Crippen LogP contribution in [0.5, 0.6) is 5.75 Å². The van der Waals surface area contributed by atoms with Crippen molar-refractivity contribution in [2.75, 3.05) is 13.7 Å². The van der Waals surface area contributed by atoms with Gasteiger partial charge in [0.05, 0.1) is 6.61 Å². The van der Waals surface area contributed by atoms with Gasteiger partial charge in [-0.2, -0.15) is 0 Å². The van der Waals surface area contributed by atoms with E-state index in [0.717, 1.165) is 18.6 Å². The number of carbonyl (C=O) groups excluding carboxylic acids is 1. The van der Waals surface area contributed by atoms with Gasteiger partial charge < -0.3 is 14.8 Å². The van der Waals surface area contributed by atoms with Gasteiger partial charge >= 0.3 is 5.97 Å². The SMILES string of the molecule is CNC1CCCc2ccc(OC3CCOC3=O)cc21. The molecule has 0 amide bonds. The molecule has 2 aliphatic rings. The van der Waals surface area contributed by atoms with Gasteiger partial charge in [0, 0.05) is 12.5 Å². The number of rotatable bonds is 3. The number of aryl methyl sites for hydroxylation is 1. The van der Waals surface area contributed by atoms with E-state index in [1.165, 1.54) is 17.5 Å². The first-order chi connectivity index (χ1) is 9.28. The molecule has 0 bridgehead atoms. The topological polar surface area (TPSA) is 47.6 Å². The number of esters is 1. The molecule has 1 heterocycles. The predicted molar refractivity (Wildman–Crippen MR) is 71.2 cm³/mol. The normalized spacial score (nSPS) is 25.8. The Labute approximate surface area is 113 Å². The van der Waals surface area contributed by atoms with Gasteiger partial charge in [0.1, 0.15) is 5.75 Å². The minimum atomic E-state index is -0.435. The Morgan fingerprint density at radius 2 is 2.26 bits per heavy atom. The highest BCUT2D eigenvalue weighted by molar-refractivity contribution is 5.76. The summed E-state index contributed by atoms with van der Waals surface area (Å²) in [6.45, 7) is 0.466. The van der Waals surface area contributed by atoms with E-state index in [9.17, 15) is 4.79 Å². The van der Waals surface area contributed by atoms with Gasteiger partial charge in [-0.3, -0.25) is 0 Å². The van der Waals surface area contributed by atoms with E-state index in [0.29, 0.717) is 19.1 Å². The molecule has 1 aromatic rings. The van der Waals surface area contributed by atoms with Gasteiger partial charge in [-0.05, 0) is 49.6 Å². The second-order valence-electron chi connectivity index (χ2n) is 5.16. The molecule has 19 heavy (non-hydrogen) atoms. The molecule has 4 nitrogen and oxygen atoms in total. The average molecular weight is 261 g/mol. The number of hydrogen-bond acceptors (Lipinski definition) is 4. The Balaban J connectivity index is 1.81. The molecule has 1 aromatic carbocycles. The zero-order valence-corrected chi connectivity index (χ0v) is 11.1. The van der Waals surface area contributed by atoms with Crippen LogP contribution in [0.3, 0.4) is 0 Å². The second-order valence-corrected chi connectivity index (χ2v) is 5.16. The molecule has 102 valence electrons. The number of ether oxygens (including phenoxy) is 2. The molecule has 2 unspecified atom stereocenters. The number of benzene rings is 1. The quantitative estimate of drug-likeness (QED) is 0.845. The van der Waals surface area contributed by atoms with Crippen LogP contribution in [-0.4, -0.2) is 25.7 Å². The Morgan fingerprint density at radius 1 is 1.37 bits per heavy atom. The van der Waals surface area contributed by atoms with Gasteiger partial charge in [-0.1, -0.05) is 6.07 Å². The van der Waals surface area contributed by atoms with Crippen LogP contribution in [0.2, 0.25) is 0 Å². The predicted octanol–water partition coefficient (Wildman–Crippen LogP) is 1.98. The maximum absolute atomic E-state index is 11.4. The van der Waals surface area contributed by atoms with Crippen molar-refractivity contribution in [1.82, 2.24) is 5.32 Å². The van der Waals surface area contributed by atoms with Crippen molar-refractivity contribution in [3.63, 3.8) is 0 Å². The standard InChI is InChI=1S/C15H19NO3/c1-16-13-4-2-3-10-5-6-11(9-12(10)13)19-14-7-8-18-15(14)17/h5-6,9,13-14,16H,2-4,7-8H2,1H3. The van der Waals surface area contributed by atoms with Crippen molar-refractivity contribution in [1.29, 1.82) is 0 Å². The van der Waals surface area contributed by atoms with Gasteiger partial charge in [0.25, 0.3) is 0 Å². The van der Waals surface area contributed by atoms with Crippen LogP contribution in [0.15, 0.2) is 18.2 Å². The summed E-state index contributed by atoms with van der Waals surface area (Å²) in [6.07, 6.45) is 3.70. The highest BCUT2D eigenvalue weighted by Gasteiger charge is 2.29. The molecule has 1 N–H and O–H groups in total. The summed E-state index contributed by atoms with van der Waals surface area (Å²) in [4.78, 5) is 11.4. The Bertz CT molecular complexity index is 486. The number of hydrogen-bond donors (Lipinski definition) is 1. The molecule has 2 atom stereocenters.